The van der Waals surface area contributed by atoms with Crippen molar-refractivity contribution in [2.45, 2.75) is 39.3 Å². The molecule has 2 unspecified atom stereocenters. The van der Waals surface area contributed by atoms with Crippen LogP contribution in [0.2, 0.25) is 0 Å². The van der Waals surface area contributed by atoms with E-state index in [4.69, 9.17) is 0 Å². The summed E-state index contributed by atoms with van der Waals surface area (Å²) in [4.78, 5) is 2.63. The van der Waals surface area contributed by atoms with Crippen LogP contribution in [0.15, 0.2) is 0 Å². The molecular formula is C9H17N. The van der Waals surface area contributed by atoms with Gasteiger partial charge >= 0.3 is 0 Å². The molecule has 2 fully saturated rings. The standard InChI is InChI=1S/C9H17N/c1-6(2)10-5-8-7(3)4-9(8)10/h6-9H,4-5H2,1-3H3/t7?,8?,9-/m1/s1. The van der Waals surface area contributed by atoms with Gasteiger partial charge in [0.2, 0.25) is 0 Å². The van der Waals surface area contributed by atoms with Gasteiger partial charge in [-0.3, -0.25) is 4.90 Å². The van der Waals surface area contributed by atoms with E-state index < -0.39 is 0 Å². The third-order valence-electron chi connectivity index (χ3n) is 3.35. The maximum Gasteiger partial charge on any atom is 0.0144 e. The van der Waals surface area contributed by atoms with Crippen LogP contribution in [0.3, 0.4) is 0 Å². The Morgan fingerprint density at radius 2 is 2.10 bits per heavy atom. The highest BCUT2D eigenvalue weighted by Crippen LogP contribution is 2.46. The molecule has 1 heterocycles. The quantitative estimate of drug-likeness (QED) is 0.535. The molecule has 0 aromatic heterocycles. The lowest BCUT2D eigenvalue weighted by molar-refractivity contribution is -0.118. The Morgan fingerprint density at radius 1 is 1.40 bits per heavy atom. The molecule has 1 saturated heterocycles. The molecule has 0 radical (unpaired) electrons. The fourth-order valence-corrected chi connectivity index (χ4v) is 2.43. The molecule has 0 aromatic rings. The number of hydrogen-bond donors (Lipinski definition) is 0. The van der Waals surface area contributed by atoms with Crippen molar-refractivity contribution in [3.05, 3.63) is 0 Å². The van der Waals surface area contributed by atoms with Crippen LogP contribution in [0.4, 0.5) is 0 Å². The lowest BCUT2D eigenvalue weighted by Gasteiger charge is -2.61. The molecule has 0 bridgehead atoms. The Labute approximate surface area is 63.4 Å². The smallest absolute Gasteiger partial charge is 0.0144 e. The Kier molecular flexibility index (Phi) is 1.31. The summed E-state index contributed by atoms with van der Waals surface area (Å²) in [6.07, 6.45) is 1.46. The molecule has 0 amide bonds. The molecule has 2 aliphatic rings. The second kappa shape index (κ2) is 1.97. The topological polar surface area (TPSA) is 3.24 Å². The first kappa shape index (κ1) is 6.66. The van der Waals surface area contributed by atoms with Gasteiger partial charge in [0.15, 0.2) is 0 Å². The van der Waals surface area contributed by atoms with Crippen LogP contribution >= 0.6 is 0 Å². The largest absolute Gasteiger partial charge is 0.297 e. The van der Waals surface area contributed by atoms with Gasteiger partial charge < -0.3 is 0 Å². The fraction of sp³-hybridized carbons (Fsp3) is 1.00. The minimum Gasteiger partial charge on any atom is -0.297 e. The molecule has 1 saturated carbocycles. The van der Waals surface area contributed by atoms with E-state index >= 15 is 0 Å². The molecule has 1 heteroatoms. The van der Waals surface area contributed by atoms with Crippen LogP contribution in [-0.2, 0) is 0 Å². The molecular weight excluding hydrogens is 122 g/mol. The van der Waals surface area contributed by atoms with Crippen LogP contribution in [0.25, 0.3) is 0 Å². The van der Waals surface area contributed by atoms with Gasteiger partial charge in [0.1, 0.15) is 0 Å². The molecule has 1 aliphatic carbocycles. The number of fused-ring (bicyclic) bond motifs is 1. The van der Waals surface area contributed by atoms with Crippen LogP contribution in [0.1, 0.15) is 27.2 Å². The van der Waals surface area contributed by atoms with Gasteiger partial charge in [0, 0.05) is 18.6 Å². The zero-order valence-electron chi connectivity index (χ0n) is 7.17. The number of nitrogens with zero attached hydrogens (tertiary/aromatic N) is 1. The molecule has 0 spiro atoms. The second-order valence-corrected chi connectivity index (χ2v) is 4.23. The minimum absolute atomic E-state index is 0.786. The molecule has 0 aromatic carbocycles. The lowest BCUT2D eigenvalue weighted by Crippen LogP contribution is -2.67. The fourth-order valence-electron chi connectivity index (χ4n) is 2.43. The Morgan fingerprint density at radius 3 is 2.40 bits per heavy atom. The van der Waals surface area contributed by atoms with Gasteiger partial charge in [-0.1, -0.05) is 6.92 Å². The Balaban J connectivity index is 1.89. The van der Waals surface area contributed by atoms with Crippen molar-refractivity contribution in [2.24, 2.45) is 11.8 Å². The number of rotatable bonds is 1. The summed E-state index contributed by atoms with van der Waals surface area (Å²) >= 11 is 0. The minimum atomic E-state index is 0.786. The number of likely N-dealkylation sites (tertiary alicyclic amines) is 1. The first-order chi connectivity index (χ1) is 4.70. The predicted octanol–water partition coefficient (Wildman–Crippen LogP) is 1.74. The van der Waals surface area contributed by atoms with E-state index in [1.807, 2.05) is 0 Å². The summed E-state index contributed by atoms with van der Waals surface area (Å²) in [5.41, 5.74) is 0. The van der Waals surface area contributed by atoms with Crippen molar-refractivity contribution in [1.82, 2.24) is 4.90 Å². The highest BCUT2D eigenvalue weighted by molar-refractivity contribution is 5.04. The van der Waals surface area contributed by atoms with Crippen molar-refractivity contribution < 1.29 is 0 Å². The molecule has 10 heavy (non-hydrogen) atoms. The van der Waals surface area contributed by atoms with E-state index in [0.29, 0.717) is 0 Å². The third kappa shape index (κ3) is 0.672. The average Bonchev–Trinajstić information content (AvgIpc) is 1.81. The molecule has 58 valence electrons. The monoisotopic (exact) mass is 139 g/mol. The normalized spacial score (nSPS) is 46.2. The van der Waals surface area contributed by atoms with Crippen molar-refractivity contribution in [3.63, 3.8) is 0 Å². The van der Waals surface area contributed by atoms with E-state index in [1.165, 1.54) is 13.0 Å². The molecule has 1 aliphatic heterocycles. The second-order valence-electron chi connectivity index (χ2n) is 4.23. The molecule has 1 nitrogen and oxygen atoms in total. The van der Waals surface area contributed by atoms with Crippen LogP contribution < -0.4 is 0 Å². The van der Waals surface area contributed by atoms with E-state index in [1.54, 1.807) is 0 Å². The molecule has 0 N–H and O–H groups in total. The zero-order valence-corrected chi connectivity index (χ0v) is 7.17. The van der Waals surface area contributed by atoms with E-state index in [0.717, 1.165) is 23.9 Å². The van der Waals surface area contributed by atoms with Gasteiger partial charge in [-0.25, -0.2) is 0 Å². The Hall–Kier alpha value is -0.0400. The van der Waals surface area contributed by atoms with Crippen molar-refractivity contribution >= 4 is 0 Å². The summed E-state index contributed by atoms with van der Waals surface area (Å²) < 4.78 is 0. The summed E-state index contributed by atoms with van der Waals surface area (Å²) in [7, 11) is 0. The van der Waals surface area contributed by atoms with Crippen molar-refractivity contribution in [2.75, 3.05) is 6.54 Å². The van der Waals surface area contributed by atoms with Crippen LogP contribution in [0.5, 0.6) is 0 Å². The van der Waals surface area contributed by atoms with Gasteiger partial charge in [-0.2, -0.15) is 0 Å². The number of hydrogen-bond acceptors (Lipinski definition) is 1. The summed E-state index contributed by atoms with van der Waals surface area (Å²) in [6, 6.07) is 1.77. The highest BCUT2D eigenvalue weighted by atomic mass is 15.3. The van der Waals surface area contributed by atoms with Gasteiger partial charge in [-0.05, 0) is 32.1 Å². The van der Waals surface area contributed by atoms with Gasteiger partial charge in [0.25, 0.3) is 0 Å². The molecule has 3 atom stereocenters. The number of piperidine rings is 1. The van der Waals surface area contributed by atoms with Gasteiger partial charge in [0.05, 0.1) is 0 Å². The third-order valence-corrected chi connectivity index (χ3v) is 3.35. The summed E-state index contributed by atoms with van der Waals surface area (Å²) in [5, 5.41) is 0. The summed E-state index contributed by atoms with van der Waals surface area (Å²) in [6.45, 7) is 8.38. The van der Waals surface area contributed by atoms with E-state index in [-0.39, 0.29) is 0 Å². The average molecular weight is 139 g/mol. The van der Waals surface area contributed by atoms with E-state index in [2.05, 4.69) is 25.7 Å². The van der Waals surface area contributed by atoms with Crippen molar-refractivity contribution in [3.8, 4) is 0 Å². The maximum absolute atomic E-state index is 2.63. The van der Waals surface area contributed by atoms with Crippen LogP contribution in [-0.4, -0.2) is 23.5 Å². The first-order valence-corrected chi connectivity index (χ1v) is 4.46. The predicted molar refractivity (Wildman–Crippen MR) is 42.9 cm³/mol. The van der Waals surface area contributed by atoms with Crippen LogP contribution in [0, 0.1) is 11.8 Å². The van der Waals surface area contributed by atoms with E-state index in [9.17, 15) is 0 Å². The molecule has 2 rings (SSSR count). The SMILES string of the molecule is CC1C[C@@H]2C1CN2C(C)C. The lowest BCUT2D eigenvalue weighted by atomic mass is 9.63. The maximum atomic E-state index is 2.63. The van der Waals surface area contributed by atoms with Crippen molar-refractivity contribution in [1.29, 1.82) is 0 Å². The first-order valence-electron chi connectivity index (χ1n) is 4.46. The summed E-state index contributed by atoms with van der Waals surface area (Å²) in [5.74, 6) is 2.10. The zero-order chi connectivity index (χ0) is 7.30. The Bertz CT molecular complexity index is 142. The highest BCUT2D eigenvalue weighted by Gasteiger charge is 2.50. The van der Waals surface area contributed by atoms with Gasteiger partial charge in [-0.15, -0.1) is 0 Å².